The summed E-state index contributed by atoms with van der Waals surface area (Å²) in [4.78, 5) is 2.34. The smallest absolute Gasteiger partial charge is 0.0462 e. The molecule has 59 heavy (non-hydrogen) atoms. The predicted octanol–water partition coefficient (Wildman–Crippen LogP) is 16.4. The highest BCUT2D eigenvalue weighted by molar-refractivity contribution is 5.76. The first-order valence-electron chi connectivity index (χ1n) is 21.4. The summed E-state index contributed by atoms with van der Waals surface area (Å²) in [6, 6.07) is 39.0. The molecule has 0 aromatic heterocycles. The van der Waals surface area contributed by atoms with Crippen molar-refractivity contribution in [1.29, 1.82) is 0 Å². The molecule has 2 atom stereocenters. The minimum Gasteiger partial charge on any atom is -0.311 e. The molecule has 296 valence electrons. The molecule has 0 amide bonds. The first-order chi connectivity index (χ1) is 28.7. The van der Waals surface area contributed by atoms with Crippen LogP contribution in [-0.4, -0.2) is 0 Å². The summed E-state index contributed by atoms with van der Waals surface area (Å²) in [5.74, 6) is 0.704. The molecule has 0 saturated heterocycles. The molecule has 1 nitrogen and oxygen atoms in total. The van der Waals surface area contributed by atoms with Crippen LogP contribution in [0.5, 0.6) is 0 Å². The minimum absolute atomic E-state index is 0.0176. The Hall–Kier alpha value is -6.18. The van der Waals surface area contributed by atoms with Gasteiger partial charge < -0.3 is 4.90 Å². The van der Waals surface area contributed by atoms with Crippen molar-refractivity contribution < 1.29 is 0 Å². The number of benzene rings is 4. The van der Waals surface area contributed by atoms with E-state index < -0.39 is 0 Å². The van der Waals surface area contributed by atoms with E-state index in [1.807, 2.05) is 6.08 Å². The van der Waals surface area contributed by atoms with Crippen LogP contribution in [-0.2, 0) is 0 Å². The molecule has 4 aromatic rings. The SMILES string of the molecule is C=C/C(=C\C(=C\C1C=CC(C2=CC(C)CC(/C=C\C)=C\C(C)(C)C(C)=C2)=CC1)C1=CC=CCC1)N(c1ccc(-c2ccccc2)cc1)c1ccc(-c2ccccc2)cc1. The van der Waals surface area contributed by atoms with Crippen LogP contribution in [0.4, 0.5) is 11.4 Å². The zero-order valence-corrected chi connectivity index (χ0v) is 35.6. The van der Waals surface area contributed by atoms with E-state index in [0.717, 1.165) is 42.8 Å². The number of allylic oxidation sites excluding steroid dienone is 20. The van der Waals surface area contributed by atoms with Gasteiger partial charge in [-0.15, -0.1) is 0 Å². The fourth-order valence-electron chi connectivity index (χ4n) is 8.34. The molecule has 3 aliphatic carbocycles. The first kappa shape index (κ1) is 41.0. The zero-order chi connectivity index (χ0) is 41.2. The lowest BCUT2D eigenvalue weighted by molar-refractivity contribution is 0.571. The second-order valence-electron chi connectivity index (χ2n) is 16.7. The average Bonchev–Trinajstić information content (AvgIpc) is 3.30. The van der Waals surface area contributed by atoms with Crippen LogP contribution in [0.25, 0.3) is 22.3 Å². The van der Waals surface area contributed by atoms with Gasteiger partial charge in [0, 0.05) is 22.5 Å². The molecule has 1 heteroatoms. The van der Waals surface area contributed by atoms with Crippen LogP contribution in [0.2, 0.25) is 0 Å². The van der Waals surface area contributed by atoms with Crippen molar-refractivity contribution in [2.75, 3.05) is 4.90 Å². The van der Waals surface area contributed by atoms with E-state index in [0.29, 0.717) is 5.92 Å². The Labute approximate surface area is 354 Å². The highest BCUT2D eigenvalue weighted by atomic mass is 15.1. The number of hydrogen-bond donors (Lipinski definition) is 0. The molecule has 0 aliphatic heterocycles. The van der Waals surface area contributed by atoms with Gasteiger partial charge in [-0.2, -0.15) is 0 Å². The summed E-state index contributed by atoms with van der Waals surface area (Å²) in [6.45, 7) is 15.8. The molecule has 7 rings (SSSR count). The molecule has 0 N–H and O–H groups in total. The van der Waals surface area contributed by atoms with E-state index in [9.17, 15) is 0 Å². The Bertz CT molecular complexity index is 2330. The molecule has 0 heterocycles. The maximum Gasteiger partial charge on any atom is 0.0462 e. The third kappa shape index (κ3) is 10.3. The van der Waals surface area contributed by atoms with Gasteiger partial charge in [0.15, 0.2) is 0 Å². The normalized spacial score (nSPS) is 20.6. The standard InChI is InChI=1S/C58H59N/c1-7-18-46-37-43(3)38-53(39-44(4)58(5,6)42-46)52-27-25-45(26-28-52)40-54(49-23-16-11-17-24-49)41-55(8-2)59(56-33-29-50(30-34-56)47-19-12-9-13-20-47)57-35-31-51(32-36-57)48-21-14-10-15-22-48/h7-16,18-23,25,27-36,38-43,45H,2,17,24,26,37H2,1,3-6H3/b18-7-,44-39?,46-42-,53-38?,54-40-,55-41+. The Morgan fingerprint density at radius 3 is 1.93 bits per heavy atom. The highest BCUT2D eigenvalue weighted by Crippen LogP contribution is 2.38. The van der Waals surface area contributed by atoms with Crippen molar-refractivity contribution in [3.05, 3.63) is 240 Å². The molecule has 0 spiro atoms. The lowest BCUT2D eigenvalue weighted by Crippen LogP contribution is -2.15. The molecule has 0 saturated carbocycles. The number of nitrogens with zero attached hydrogens (tertiary/aromatic N) is 1. The third-order valence-electron chi connectivity index (χ3n) is 11.8. The van der Waals surface area contributed by atoms with Gasteiger partial charge >= 0.3 is 0 Å². The minimum atomic E-state index is -0.0176. The monoisotopic (exact) mass is 769 g/mol. The topological polar surface area (TPSA) is 3.24 Å². The zero-order valence-electron chi connectivity index (χ0n) is 35.6. The Balaban J connectivity index is 1.24. The first-order valence-corrected chi connectivity index (χ1v) is 21.4. The Kier molecular flexibility index (Phi) is 13.2. The summed E-state index contributed by atoms with van der Waals surface area (Å²) in [7, 11) is 0. The average molecular weight is 770 g/mol. The molecule has 3 aliphatic rings. The van der Waals surface area contributed by atoms with E-state index in [1.165, 1.54) is 55.7 Å². The van der Waals surface area contributed by atoms with Gasteiger partial charge in [-0.05, 0) is 132 Å². The lowest BCUT2D eigenvalue weighted by atomic mass is 9.81. The molecular weight excluding hydrogens is 711 g/mol. The van der Waals surface area contributed by atoms with Crippen molar-refractivity contribution in [2.45, 2.75) is 60.3 Å². The second-order valence-corrected chi connectivity index (χ2v) is 16.7. The Morgan fingerprint density at radius 2 is 1.41 bits per heavy atom. The molecule has 2 unspecified atom stereocenters. The maximum absolute atomic E-state index is 4.41. The number of hydrogen-bond acceptors (Lipinski definition) is 1. The van der Waals surface area contributed by atoms with Gasteiger partial charge in [-0.25, -0.2) is 0 Å². The summed E-state index contributed by atoms with van der Waals surface area (Å²) >= 11 is 0. The van der Waals surface area contributed by atoms with Gasteiger partial charge in [0.2, 0.25) is 0 Å². The van der Waals surface area contributed by atoms with E-state index in [4.69, 9.17) is 0 Å². The quantitative estimate of drug-likeness (QED) is 0.137. The van der Waals surface area contributed by atoms with E-state index >= 15 is 0 Å². The number of anilines is 2. The fourth-order valence-corrected chi connectivity index (χ4v) is 8.34. The Morgan fingerprint density at radius 1 is 0.797 bits per heavy atom. The fraction of sp³-hybridized carbons (Fsp3) is 0.207. The molecule has 0 fully saturated rings. The van der Waals surface area contributed by atoms with Crippen molar-refractivity contribution >= 4 is 11.4 Å². The molecule has 0 bridgehead atoms. The van der Waals surface area contributed by atoms with Crippen molar-refractivity contribution in [1.82, 2.24) is 0 Å². The highest BCUT2D eigenvalue weighted by Gasteiger charge is 2.22. The summed E-state index contributed by atoms with van der Waals surface area (Å²) in [5.41, 5.74) is 16.0. The van der Waals surface area contributed by atoms with Crippen LogP contribution >= 0.6 is 0 Å². The van der Waals surface area contributed by atoms with Crippen LogP contribution in [0.1, 0.15) is 60.3 Å². The van der Waals surface area contributed by atoms with Crippen LogP contribution in [0, 0.1) is 17.3 Å². The van der Waals surface area contributed by atoms with Crippen LogP contribution in [0.15, 0.2) is 240 Å². The summed E-state index contributed by atoms with van der Waals surface area (Å²) in [5, 5.41) is 0. The summed E-state index contributed by atoms with van der Waals surface area (Å²) in [6.07, 6.45) is 36.7. The second kappa shape index (κ2) is 19.0. The van der Waals surface area contributed by atoms with Crippen molar-refractivity contribution in [3.8, 4) is 22.3 Å². The largest absolute Gasteiger partial charge is 0.311 e. The van der Waals surface area contributed by atoms with Gasteiger partial charge in [-0.1, -0.05) is 196 Å². The van der Waals surface area contributed by atoms with Gasteiger partial charge in [0.05, 0.1) is 0 Å². The third-order valence-corrected chi connectivity index (χ3v) is 11.8. The van der Waals surface area contributed by atoms with Gasteiger partial charge in [0.25, 0.3) is 0 Å². The van der Waals surface area contributed by atoms with Crippen LogP contribution in [0.3, 0.4) is 0 Å². The van der Waals surface area contributed by atoms with E-state index in [1.54, 1.807) is 0 Å². The summed E-state index contributed by atoms with van der Waals surface area (Å²) < 4.78 is 0. The number of rotatable bonds is 11. The van der Waals surface area contributed by atoms with Crippen molar-refractivity contribution in [3.63, 3.8) is 0 Å². The molecule has 4 aromatic carbocycles. The van der Waals surface area contributed by atoms with Crippen LogP contribution < -0.4 is 4.90 Å². The maximum atomic E-state index is 4.41. The molecular formula is C58H59N. The van der Waals surface area contributed by atoms with E-state index in [-0.39, 0.29) is 11.3 Å². The lowest BCUT2D eigenvalue weighted by Gasteiger charge is -2.28. The molecule has 0 radical (unpaired) electrons. The predicted molar refractivity (Wildman–Crippen MR) is 256 cm³/mol. The van der Waals surface area contributed by atoms with E-state index in [2.05, 4.69) is 234 Å². The van der Waals surface area contributed by atoms with Crippen molar-refractivity contribution in [2.24, 2.45) is 17.3 Å². The van der Waals surface area contributed by atoms with Gasteiger partial charge in [-0.3, -0.25) is 0 Å². The van der Waals surface area contributed by atoms with Gasteiger partial charge in [0.1, 0.15) is 0 Å².